The van der Waals surface area contributed by atoms with Gasteiger partial charge in [0.05, 0.1) is 19.6 Å². The lowest BCUT2D eigenvalue weighted by atomic mass is 10.0. The third-order valence-corrected chi connectivity index (χ3v) is 4.29. The molecule has 0 aliphatic carbocycles. The molecule has 1 aromatic carbocycles. The Bertz CT molecular complexity index is 911. The van der Waals surface area contributed by atoms with Gasteiger partial charge in [0.25, 0.3) is 5.91 Å². The van der Waals surface area contributed by atoms with Gasteiger partial charge in [-0.05, 0) is 37.5 Å². The number of ether oxygens (including phenoxy) is 1. The molecule has 0 radical (unpaired) electrons. The fraction of sp³-hybridized carbons (Fsp3) is 0.389. The number of H-pyrrole nitrogens is 1. The highest BCUT2D eigenvalue weighted by Crippen LogP contribution is 2.27. The Labute approximate surface area is 145 Å². The summed E-state index contributed by atoms with van der Waals surface area (Å²) in [6, 6.07) is 4.12. The van der Waals surface area contributed by atoms with E-state index in [0.717, 1.165) is 27.6 Å². The minimum absolute atomic E-state index is 0.184. The number of amides is 1. The molecule has 0 bridgehead atoms. The van der Waals surface area contributed by atoms with Gasteiger partial charge in [-0.25, -0.2) is 0 Å². The monoisotopic (exact) mass is 342 g/mol. The second kappa shape index (κ2) is 7.06. The van der Waals surface area contributed by atoms with Crippen LogP contribution in [0.5, 0.6) is 0 Å². The van der Waals surface area contributed by atoms with Crippen LogP contribution in [0.1, 0.15) is 38.9 Å². The highest BCUT2D eigenvalue weighted by atomic mass is 16.5. The minimum atomic E-state index is -0.184. The zero-order chi connectivity index (χ0) is 18.0. The van der Waals surface area contributed by atoms with Crippen LogP contribution in [-0.4, -0.2) is 34.7 Å². The maximum absolute atomic E-state index is 12.6. The topological polar surface area (TPSA) is 93.0 Å². The smallest absolute Gasteiger partial charge is 0.268 e. The SMILES string of the molecule is COCCc1nc(CNC(=O)c2[nH]c3c(C)ccc(C)c3c2C)no1. The molecule has 0 spiro atoms. The van der Waals surface area contributed by atoms with E-state index in [1.54, 1.807) is 7.11 Å². The summed E-state index contributed by atoms with van der Waals surface area (Å²) in [6.45, 7) is 6.76. The van der Waals surface area contributed by atoms with Gasteiger partial charge in [-0.2, -0.15) is 4.98 Å². The molecule has 7 nitrogen and oxygen atoms in total. The fourth-order valence-corrected chi connectivity index (χ4v) is 2.93. The number of hydrogen-bond acceptors (Lipinski definition) is 5. The van der Waals surface area contributed by atoms with Crippen LogP contribution in [0.25, 0.3) is 10.9 Å². The Hall–Kier alpha value is -2.67. The Balaban J connectivity index is 1.74. The molecule has 0 saturated carbocycles. The van der Waals surface area contributed by atoms with E-state index < -0.39 is 0 Å². The minimum Gasteiger partial charge on any atom is -0.384 e. The molecule has 0 aliphatic rings. The molecule has 132 valence electrons. The molecular weight excluding hydrogens is 320 g/mol. The van der Waals surface area contributed by atoms with Crippen LogP contribution in [0, 0.1) is 20.8 Å². The second-order valence-corrected chi connectivity index (χ2v) is 6.10. The average molecular weight is 342 g/mol. The van der Waals surface area contributed by atoms with Crippen molar-refractivity contribution in [2.24, 2.45) is 0 Å². The van der Waals surface area contributed by atoms with Gasteiger partial charge in [-0.3, -0.25) is 4.79 Å². The summed E-state index contributed by atoms with van der Waals surface area (Å²) >= 11 is 0. The number of rotatable bonds is 6. The van der Waals surface area contributed by atoms with Crippen LogP contribution in [0.4, 0.5) is 0 Å². The Morgan fingerprint density at radius 2 is 2.04 bits per heavy atom. The summed E-state index contributed by atoms with van der Waals surface area (Å²) in [7, 11) is 1.61. The van der Waals surface area contributed by atoms with Crippen LogP contribution in [0.15, 0.2) is 16.7 Å². The lowest BCUT2D eigenvalue weighted by Gasteiger charge is -2.02. The number of aromatic nitrogens is 3. The number of nitrogens with one attached hydrogen (secondary N) is 2. The van der Waals surface area contributed by atoms with Gasteiger partial charge >= 0.3 is 0 Å². The first-order chi connectivity index (χ1) is 12.0. The fourth-order valence-electron chi connectivity index (χ4n) is 2.93. The normalized spacial score (nSPS) is 11.2. The van der Waals surface area contributed by atoms with E-state index in [9.17, 15) is 4.79 Å². The van der Waals surface area contributed by atoms with Gasteiger partial charge in [0.15, 0.2) is 5.82 Å². The largest absolute Gasteiger partial charge is 0.384 e. The standard InChI is InChI=1S/C18H22N4O3/c1-10-5-6-11(2)16-15(10)12(3)17(21-16)18(23)19-9-13-20-14(25-22-13)7-8-24-4/h5-6,21H,7-9H2,1-4H3,(H,19,23). The Morgan fingerprint density at radius 3 is 2.76 bits per heavy atom. The zero-order valence-corrected chi connectivity index (χ0v) is 14.9. The van der Waals surface area contributed by atoms with E-state index in [4.69, 9.17) is 9.26 Å². The van der Waals surface area contributed by atoms with Crippen molar-refractivity contribution in [3.8, 4) is 0 Å². The molecule has 7 heteroatoms. The van der Waals surface area contributed by atoms with E-state index in [0.29, 0.717) is 30.4 Å². The van der Waals surface area contributed by atoms with Crippen LogP contribution in [-0.2, 0) is 17.7 Å². The van der Waals surface area contributed by atoms with E-state index in [2.05, 4.69) is 32.6 Å². The number of hydrogen-bond donors (Lipinski definition) is 2. The maximum atomic E-state index is 12.6. The number of methoxy groups -OCH3 is 1. The van der Waals surface area contributed by atoms with E-state index >= 15 is 0 Å². The quantitative estimate of drug-likeness (QED) is 0.718. The molecule has 3 aromatic rings. The first-order valence-corrected chi connectivity index (χ1v) is 8.18. The molecule has 0 aliphatic heterocycles. The Morgan fingerprint density at radius 1 is 1.28 bits per heavy atom. The van der Waals surface area contributed by atoms with Gasteiger partial charge < -0.3 is 19.6 Å². The van der Waals surface area contributed by atoms with Crippen molar-refractivity contribution < 1.29 is 14.1 Å². The number of carbonyl (C=O) groups excluding carboxylic acids is 1. The lowest BCUT2D eigenvalue weighted by Crippen LogP contribution is -2.24. The molecule has 3 rings (SSSR count). The Kier molecular flexibility index (Phi) is 4.85. The molecule has 2 N–H and O–H groups in total. The lowest BCUT2D eigenvalue weighted by molar-refractivity contribution is 0.0945. The van der Waals surface area contributed by atoms with Crippen molar-refractivity contribution >= 4 is 16.8 Å². The van der Waals surface area contributed by atoms with Crippen molar-refractivity contribution in [2.45, 2.75) is 33.7 Å². The van der Waals surface area contributed by atoms with Crippen LogP contribution >= 0.6 is 0 Å². The van der Waals surface area contributed by atoms with E-state index in [-0.39, 0.29) is 12.5 Å². The van der Waals surface area contributed by atoms with Gasteiger partial charge in [-0.1, -0.05) is 17.3 Å². The highest BCUT2D eigenvalue weighted by molar-refractivity contribution is 6.02. The summed E-state index contributed by atoms with van der Waals surface area (Å²) < 4.78 is 10.1. The zero-order valence-electron chi connectivity index (χ0n) is 14.9. The van der Waals surface area contributed by atoms with E-state index in [1.165, 1.54) is 0 Å². The first kappa shape index (κ1) is 17.2. The molecule has 25 heavy (non-hydrogen) atoms. The summed E-state index contributed by atoms with van der Waals surface area (Å²) in [5.41, 5.74) is 4.78. The molecule has 2 heterocycles. The van der Waals surface area contributed by atoms with Gasteiger partial charge in [0.1, 0.15) is 5.69 Å². The molecule has 0 saturated heterocycles. The molecule has 1 amide bonds. The van der Waals surface area contributed by atoms with Gasteiger partial charge in [0.2, 0.25) is 5.89 Å². The number of benzene rings is 1. The van der Waals surface area contributed by atoms with Gasteiger partial charge in [0, 0.05) is 18.0 Å². The number of nitrogens with zero attached hydrogens (tertiary/aromatic N) is 2. The number of aryl methyl sites for hydroxylation is 3. The molecule has 0 unspecified atom stereocenters. The second-order valence-electron chi connectivity index (χ2n) is 6.10. The van der Waals surface area contributed by atoms with Gasteiger partial charge in [-0.15, -0.1) is 0 Å². The molecule has 0 atom stereocenters. The molecular formula is C18H22N4O3. The highest BCUT2D eigenvalue weighted by Gasteiger charge is 2.17. The molecule has 2 aromatic heterocycles. The number of carbonyl (C=O) groups is 1. The number of fused-ring (bicyclic) bond motifs is 1. The van der Waals surface area contributed by atoms with Crippen molar-refractivity contribution in [3.63, 3.8) is 0 Å². The van der Waals surface area contributed by atoms with Crippen LogP contribution in [0.3, 0.4) is 0 Å². The van der Waals surface area contributed by atoms with Crippen LogP contribution < -0.4 is 5.32 Å². The predicted molar refractivity (Wildman–Crippen MR) is 93.6 cm³/mol. The van der Waals surface area contributed by atoms with Crippen LogP contribution in [0.2, 0.25) is 0 Å². The van der Waals surface area contributed by atoms with Crippen molar-refractivity contribution in [1.82, 2.24) is 20.4 Å². The third kappa shape index (κ3) is 3.41. The van der Waals surface area contributed by atoms with Crippen molar-refractivity contribution in [3.05, 3.63) is 46.2 Å². The first-order valence-electron chi connectivity index (χ1n) is 8.18. The summed E-state index contributed by atoms with van der Waals surface area (Å²) in [5.74, 6) is 0.760. The summed E-state index contributed by atoms with van der Waals surface area (Å²) in [5, 5.41) is 7.80. The van der Waals surface area contributed by atoms with Crippen molar-refractivity contribution in [1.29, 1.82) is 0 Å². The van der Waals surface area contributed by atoms with E-state index in [1.807, 2.05) is 20.8 Å². The number of aromatic amines is 1. The third-order valence-electron chi connectivity index (χ3n) is 4.29. The average Bonchev–Trinajstić information content (AvgIpc) is 3.19. The summed E-state index contributed by atoms with van der Waals surface area (Å²) in [4.78, 5) is 20.0. The predicted octanol–water partition coefficient (Wildman–Crippen LogP) is 2.60. The maximum Gasteiger partial charge on any atom is 0.268 e. The molecule has 0 fully saturated rings. The van der Waals surface area contributed by atoms with Crippen molar-refractivity contribution in [2.75, 3.05) is 13.7 Å². The summed E-state index contributed by atoms with van der Waals surface area (Å²) in [6.07, 6.45) is 0.553.